The van der Waals surface area contributed by atoms with Crippen LogP contribution in [0.15, 0.2) is 23.3 Å². The topological polar surface area (TPSA) is 96.0 Å². The largest absolute Gasteiger partial charge is 0.438 e. The normalized spacial score (nSPS) is 21.3. The molecule has 0 aliphatic carbocycles. The molecule has 0 spiro atoms. The molecule has 1 amide bonds. The van der Waals surface area contributed by atoms with E-state index in [0.29, 0.717) is 0 Å². The highest BCUT2D eigenvalue weighted by Gasteiger charge is 2.62. The molecule has 1 heterocycles. The number of alkyl halides is 3. The molecule has 0 radical (unpaired) electrons. The van der Waals surface area contributed by atoms with E-state index in [1.54, 1.807) is 0 Å². The lowest BCUT2D eigenvalue weighted by atomic mass is 10.1. The van der Waals surface area contributed by atoms with E-state index in [1.165, 1.54) is 19.9 Å². The molecule has 0 saturated carbocycles. The fourth-order valence-electron chi connectivity index (χ4n) is 2.22. The Morgan fingerprint density at radius 1 is 1.43 bits per heavy atom. The summed E-state index contributed by atoms with van der Waals surface area (Å²) in [7, 11) is 0. The molecule has 0 bridgehead atoms. The minimum absolute atomic E-state index is 0.0727. The second-order valence-corrected chi connectivity index (χ2v) is 5.20. The van der Waals surface area contributed by atoms with Crippen molar-refractivity contribution in [3.8, 4) is 0 Å². The molecule has 1 atom stereocenters. The van der Waals surface area contributed by atoms with Gasteiger partial charge in [0.05, 0.1) is 4.92 Å². The molecule has 1 aromatic rings. The van der Waals surface area contributed by atoms with E-state index >= 15 is 0 Å². The second kappa shape index (κ2) is 5.30. The number of aliphatic hydroxyl groups is 1. The van der Waals surface area contributed by atoms with Crippen LogP contribution in [0, 0.1) is 17.0 Å². The molecule has 1 unspecified atom stereocenters. The fraction of sp³-hybridized carbons (Fsp3) is 0.385. The summed E-state index contributed by atoms with van der Waals surface area (Å²) in [4.78, 5) is 22.4. The van der Waals surface area contributed by atoms with Crippen LogP contribution in [0.4, 0.5) is 18.9 Å². The SMILES string of the molecule is CC1=NN(C(=O)c2ccc(C)c([N+](=O)[O-])c2)C(O)(C(F)(F)F)C1. The standard InChI is InChI=1S/C13H12F3N3O4/c1-7-3-4-9(5-10(7)19(22)23)11(20)18-12(21,13(14,15)16)6-8(2)17-18/h3-5,21H,6H2,1-2H3. The van der Waals surface area contributed by atoms with E-state index in [2.05, 4.69) is 5.10 Å². The predicted molar refractivity (Wildman–Crippen MR) is 72.7 cm³/mol. The highest BCUT2D eigenvalue weighted by Crippen LogP contribution is 2.41. The Morgan fingerprint density at radius 2 is 2.04 bits per heavy atom. The van der Waals surface area contributed by atoms with Crippen molar-refractivity contribution in [2.45, 2.75) is 32.2 Å². The number of amides is 1. The van der Waals surface area contributed by atoms with Crippen molar-refractivity contribution in [1.82, 2.24) is 5.01 Å². The molecule has 124 valence electrons. The number of rotatable bonds is 2. The Bertz CT molecular complexity index is 717. The Morgan fingerprint density at radius 3 is 2.57 bits per heavy atom. The molecule has 1 aliphatic heterocycles. The number of carbonyl (C=O) groups is 1. The van der Waals surface area contributed by atoms with Gasteiger partial charge in [0.1, 0.15) is 0 Å². The number of hydrazone groups is 1. The van der Waals surface area contributed by atoms with Gasteiger partial charge in [0.2, 0.25) is 0 Å². The van der Waals surface area contributed by atoms with Crippen molar-refractivity contribution in [3.63, 3.8) is 0 Å². The van der Waals surface area contributed by atoms with Crippen LogP contribution in [-0.2, 0) is 0 Å². The number of hydrogen-bond acceptors (Lipinski definition) is 5. The van der Waals surface area contributed by atoms with Crippen LogP contribution in [0.5, 0.6) is 0 Å². The summed E-state index contributed by atoms with van der Waals surface area (Å²) in [5, 5.41) is 24.1. The fourth-order valence-corrected chi connectivity index (χ4v) is 2.22. The van der Waals surface area contributed by atoms with Crippen molar-refractivity contribution < 1.29 is 28.0 Å². The lowest BCUT2D eigenvalue weighted by molar-refractivity contribution is -0.385. The summed E-state index contributed by atoms with van der Waals surface area (Å²) in [6.07, 6.45) is -6.00. The van der Waals surface area contributed by atoms with Crippen LogP contribution < -0.4 is 0 Å². The zero-order chi connectivity index (χ0) is 17.6. The first kappa shape index (κ1) is 16.9. The van der Waals surface area contributed by atoms with E-state index in [-0.39, 0.29) is 21.8 Å². The zero-order valence-corrected chi connectivity index (χ0v) is 12.1. The molecule has 1 N–H and O–H groups in total. The van der Waals surface area contributed by atoms with Gasteiger partial charge in [0.15, 0.2) is 0 Å². The maximum absolute atomic E-state index is 13.1. The molecule has 2 rings (SSSR count). The smallest absolute Gasteiger partial charge is 0.362 e. The molecule has 10 heteroatoms. The highest BCUT2D eigenvalue weighted by molar-refractivity contribution is 5.98. The van der Waals surface area contributed by atoms with Crippen molar-refractivity contribution >= 4 is 17.3 Å². The van der Waals surface area contributed by atoms with Gasteiger partial charge in [-0.1, -0.05) is 6.07 Å². The number of hydrogen-bond donors (Lipinski definition) is 1. The average molecular weight is 331 g/mol. The first-order valence-corrected chi connectivity index (χ1v) is 6.40. The number of nitrogens with zero attached hydrogens (tertiary/aromatic N) is 3. The van der Waals surface area contributed by atoms with Crippen LogP contribution in [0.2, 0.25) is 0 Å². The van der Waals surface area contributed by atoms with Gasteiger partial charge in [-0.2, -0.15) is 23.3 Å². The zero-order valence-electron chi connectivity index (χ0n) is 12.1. The second-order valence-electron chi connectivity index (χ2n) is 5.20. The van der Waals surface area contributed by atoms with Gasteiger partial charge in [-0.15, -0.1) is 0 Å². The van der Waals surface area contributed by atoms with Crippen LogP contribution in [0.3, 0.4) is 0 Å². The summed E-state index contributed by atoms with van der Waals surface area (Å²) in [5.41, 5.74) is -4.08. The number of aryl methyl sites for hydroxylation is 1. The molecule has 7 nitrogen and oxygen atoms in total. The third kappa shape index (κ3) is 2.77. The lowest BCUT2D eigenvalue weighted by Crippen LogP contribution is -2.56. The maximum Gasteiger partial charge on any atom is 0.438 e. The molecule has 23 heavy (non-hydrogen) atoms. The summed E-state index contributed by atoms with van der Waals surface area (Å²) < 4.78 is 39.3. The number of nitro benzene ring substituents is 1. The van der Waals surface area contributed by atoms with E-state index in [9.17, 15) is 33.2 Å². The lowest BCUT2D eigenvalue weighted by Gasteiger charge is -2.32. The van der Waals surface area contributed by atoms with Gasteiger partial charge in [-0.3, -0.25) is 14.9 Å². The Kier molecular flexibility index (Phi) is 3.89. The minimum atomic E-state index is -5.12. The molecular formula is C13H12F3N3O4. The van der Waals surface area contributed by atoms with E-state index in [0.717, 1.165) is 12.1 Å². The molecule has 1 aromatic carbocycles. The molecule has 0 aromatic heterocycles. The third-order valence-electron chi connectivity index (χ3n) is 3.42. The first-order valence-electron chi connectivity index (χ1n) is 6.40. The van der Waals surface area contributed by atoms with Crippen molar-refractivity contribution in [2.75, 3.05) is 0 Å². The highest BCUT2D eigenvalue weighted by atomic mass is 19.4. The van der Waals surface area contributed by atoms with Gasteiger partial charge >= 0.3 is 6.18 Å². The van der Waals surface area contributed by atoms with Crippen molar-refractivity contribution in [2.24, 2.45) is 5.10 Å². The Labute approximate surface area is 128 Å². The van der Waals surface area contributed by atoms with Crippen LogP contribution in [0.1, 0.15) is 29.3 Å². The Balaban J connectivity index is 2.47. The van der Waals surface area contributed by atoms with Crippen LogP contribution in [0.25, 0.3) is 0 Å². The van der Waals surface area contributed by atoms with Crippen molar-refractivity contribution in [3.05, 3.63) is 39.4 Å². The predicted octanol–water partition coefficient (Wildman–Crippen LogP) is 2.38. The summed E-state index contributed by atoms with van der Waals surface area (Å²) >= 11 is 0. The van der Waals surface area contributed by atoms with Gasteiger partial charge in [0, 0.05) is 29.3 Å². The number of benzene rings is 1. The Hall–Kier alpha value is -2.49. The monoisotopic (exact) mass is 331 g/mol. The quantitative estimate of drug-likeness (QED) is 0.665. The summed E-state index contributed by atoms with van der Waals surface area (Å²) in [5.74, 6) is -1.27. The van der Waals surface area contributed by atoms with Crippen molar-refractivity contribution in [1.29, 1.82) is 0 Å². The third-order valence-corrected chi connectivity index (χ3v) is 3.42. The molecule has 0 fully saturated rings. The van der Waals surface area contributed by atoms with Gasteiger partial charge in [0.25, 0.3) is 17.3 Å². The van der Waals surface area contributed by atoms with E-state index in [1.807, 2.05) is 0 Å². The number of carbonyl (C=O) groups excluding carboxylic acids is 1. The number of nitro groups is 1. The maximum atomic E-state index is 13.1. The number of halogens is 3. The first-order chi connectivity index (χ1) is 10.5. The molecule has 0 saturated heterocycles. The minimum Gasteiger partial charge on any atom is -0.362 e. The molecule has 1 aliphatic rings. The van der Waals surface area contributed by atoms with Gasteiger partial charge in [-0.05, 0) is 19.9 Å². The molecular weight excluding hydrogens is 319 g/mol. The van der Waals surface area contributed by atoms with Crippen LogP contribution in [-0.4, -0.2) is 38.6 Å². The van der Waals surface area contributed by atoms with Gasteiger partial charge in [-0.25, -0.2) is 0 Å². The van der Waals surface area contributed by atoms with E-state index in [4.69, 9.17) is 0 Å². The van der Waals surface area contributed by atoms with Gasteiger partial charge < -0.3 is 5.11 Å². The summed E-state index contributed by atoms with van der Waals surface area (Å²) in [6, 6.07) is 3.24. The summed E-state index contributed by atoms with van der Waals surface area (Å²) in [6.45, 7) is 2.66. The van der Waals surface area contributed by atoms with Crippen LogP contribution >= 0.6 is 0 Å². The average Bonchev–Trinajstić information content (AvgIpc) is 2.74. The van der Waals surface area contributed by atoms with E-state index < -0.39 is 34.8 Å².